The fraction of sp³-hybridized carbons (Fsp3) is 0.471. The third kappa shape index (κ3) is 8.15. The van der Waals surface area contributed by atoms with Crippen LogP contribution in [0.5, 0.6) is 0 Å². The molecular formula is C17H26N2O2. The fourth-order valence-corrected chi connectivity index (χ4v) is 1.81. The van der Waals surface area contributed by atoms with E-state index in [1.165, 1.54) is 5.56 Å². The summed E-state index contributed by atoms with van der Waals surface area (Å²) in [5.41, 5.74) is 7.49. The molecule has 1 aromatic rings. The molecule has 0 aliphatic heterocycles. The van der Waals surface area contributed by atoms with Crippen LogP contribution in [0.15, 0.2) is 30.3 Å². The average molecular weight is 290 g/mol. The van der Waals surface area contributed by atoms with Gasteiger partial charge in [-0.25, -0.2) is 4.79 Å². The Labute approximate surface area is 127 Å². The third-order valence-corrected chi connectivity index (χ3v) is 2.67. The highest BCUT2D eigenvalue weighted by Gasteiger charge is 2.15. The minimum Gasteiger partial charge on any atom is -0.444 e. The molecule has 1 aromatic carbocycles. The zero-order chi connectivity index (χ0) is 15.7. The molecule has 0 aliphatic carbocycles. The highest BCUT2D eigenvalue weighted by molar-refractivity contribution is 5.67. The molecule has 116 valence electrons. The largest absolute Gasteiger partial charge is 0.444 e. The van der Waals surface area contributed by atoms with Gasteiger partial charge in [0.15, 0.2) is 0 Å². The number of carbonyl (C=O) groups is 1. The molecular weight excluding hydrogens is 264 g/mol. The van der Waals surface area contributed by atoms with Gasteiger partial charge in [0.1, 0.15) is 5.60 Å². The van der Waals surface area contributed by atoms with Crippen molar-refractivity contribution in [3.63, 3.8) is 0 Å². The standard InChI is InChI=1S/C17H26N2O2/c1-17(2,3)21-16(20)19-12-5-4-7-14-8-6-9-15(13-14)10-11-18/h4,6-9,13H,5,10-12,18H2,1-3H3,(H,19,20). The maximum absolute atomic E-state index is 11.4. The van der Waals surface area contributed by atoms with Gasteiger partial charge in [-0.15, -0.1) is 0 Å². The van der Waals surface area contributed by atoms with Crippen molar-refractivity contribution >= 4 is 12.2 Å². The summed E-state index contributed by atoms with van der Waals surface area (Å²) in [5.74, 6) is 0. The molecule has 0 atom stereocenters. The van der Waals surface area contributed by atoms with E-state index in [4.69, 9.17) is 10.5 Å². The molecule has 0 spiro atoms. The average Bonchev–Trinajstić information content (AvgIpc) is 2.37. The van der Waals surface area contributed by atoms with Crippen LogP contribution < -0.4 is 11.1 Å². The van der Waals surface area contributed by atoms with Crippen molar-refractivity contribution < 1.29 is 9.53 Å². The quantitative estimate of drug-likeness (QED) is 0.791. The van der Waals surface area contributed by atoms with Crippen LogP contribution in [0.1, 0.15) is 38.3 Å². The van der Waals surface area contributed by atoms with Gasteiger partial charge in [-0.05, 0) is 51.3 Å². The lowest BCUT2D eigenvalue weighted by atomic mass is 10.1. The number of hydrogen-bond donors (Lipinski definition) is 2. The number of nitrogens with two attached hydrogens (primary N) is 1. The maximum atomic E-state index is 11.4. The summed E-state index contributed by atoms with van der Waals surface area (Å²) in [5, 5.41) is 2.73. The second kappa shape index (κ2) is 8.47. The number of rotatable bonds is 6. The van der Waals surface area contributed by atoms with Crippen LogP contribution in [0.3, 0.4) is 0 Å². The first-order valence-corrected chi connectivity index (χ1v) is 7.33. The van der Waals surface area contributed by atoms with E-state index in [1.807, 2.05) is 32.9 Å². The maximum Gasteiger partial charge on any atom is 0.407 e. The van der Waals surface area contributed by atoms with Crippen LogP contribution in [0.25, 0.3) is 6.08 Å². The lowest BCUT2D eigenvalue weighted by Crippen LogP contribution is -2.32. The van der Waals surface area contributed by atoms with Gasteiger partial charge in [-0.1, -0.05) is 36.4 Å². The Balaban J connectivity index is 2.32. The van der Waals surface area contributed by atoms with Gasteiger partial charge in [0, 0.05) is 6.54 Å². The number of amides is 1. The Morgan fingerprint density at radius 1 is 1.38 bits per heavy atom. The lowest BCUT2D eigenvalue weighted by molar-refractivity contribution is 0.0529. The van der Waals surface area contributed by atoms with Crippen molar-refractivity contribution in [2.45, 2.75) is 39.2 Å². The van der Waals surface area contributed by atoms with E-state index in [-0.39, 0.29) is 6.09 Å². The molecule has 0 heterocycles. The highest BCUT2D eigenvalue weighted by atomic mass is 16.6. The Kier molecular flexibility index (Phi) is 6.96. The van der Waals surface area contributed by atoms with Gasteiger partial charge in [-0.2, -0.15) is 0 Å². The van der Waals surface area contributed by atoms with E-state index in [9.17, 15) is 4.79 Å². The highest BCUT2D eigenvalue weighted by Crippen LogP contribution is 2.08. The van der Waals surface area contributed by atoms with E-state index in [1.54, 1.807) is 0 Å². The van der Waals surface area contributed by atoms with Crippen molar-refractivity contribution in [3.05, 3.63) is 41.5 Å². The molecule has 3 N–H and O–H groups in total. The first-order chi connectivity index (χ1) is 9.90. The van der Waals surface area contributed by atoms with E-state index in [0.29, 0.717) is 13.1 Å². The molecule has 0 bridgehead atoms. The van der Waals surface area contributed by atoms with Gasteiger partial charge >= 0.3 is 6.09 Å². The van der Waals surface area contributed by atoms with E-state index < -0.39 is 5.60 Å². The first-order valence-electron chi connectivity index (χ1n) is 7.33. The molecule has 1 amide bonds. The molecule has 4 nitrogen and oxygen atoms in total. The van der Waals surface area contributed by atoms with Crippen molar-refractivity contribution in [3.8, 4) is 0 Å². The smallest absolute Gasteiger partial charge is 0.407 e. The molecule has 4 heteroatoms. The minimum absolute atomic E-state index is 0.374. The molecule has 0 saturated carbocycles. The van der Waals surface area contributed by atoms with Crippen LogP contribution in [-0.2, 0) is 11.2 Å². The Morgan fingerprint density at radius 3 is 2.81 bits per heavy atom. The zero-order valence-corrected chi connectivity index (χ0v) is 13.2. The molecule has 0 aliphatic rings. The van der Waals surface area contributed by atoms with Crippen LogP contribution in [-0.4, -0.2) is 24.8 Å². The van der Waals surface area contributed by atoms with Crippen molar-refractivity contribution in [1.82, 2.24) is 5.32 Å². The second-order valence-electron chi connectivity index (χ2n) is 5.90. The lowest BCUT2D eigenvalue weighted by Gasteiger charge is -2.19. The number of alkyl carbamates (subject to hydrolysis) is 1. The molecule has 0 saturated heterocycles. The summed E-state index contributed by atoms with van der Waals surface area (Å²) in [6.07, 6.45) is 5.37. The molecule has 0 fully saturated rings. The van der Waals surface area contributed by atoms with Crippen LogP contribution in [0, 0.1) is 0 Å². The van der Waals surface area contributed by atoms with Crippen LogP contribution >= 0.6 is 0 Å². The summed E-state index contributed by atoms with van der Waals surface area (Å²) in [6.45, 7) is 6.77. The van der Waals surface area contributed by atoms with Gasteiger partial charge in [-0.3, -0.25) is 0 Å². The third-order valence-electron chi connectivity index (χ3n) is 2.67. The normalized spacial score (nSPS) is 11.6. The number of hydrogen-bond acceptors (Lipinski definition) is 3. The fourth-order valence-electron chi connectivity index (χ4n) is 1.81. The van der Waals surface area contributed by atoms with Gasteiger partial charge in [0.05, 0.1) is 0 Å². The predicted molar refractivity (Wildman–Crippen MR) is 87.1 cm³/mol. The van der Waals surface area contributed by atoms with Crippen LogP contribution in [0.2, 0.25) is 0 Å². The summed E-state index contributed by atoms with van der Waals surface area (Å²) in [4.78, 5) is 11.4. The van der Waals surface area contributed by atoms with E-state index in [2.05, 4.69) is 29.6 Å². The van der Waals surface area contributed by atoms with Crippen LogP contribution in [0.4, 0.5) is 4.79 Å². The summed E-state index contributed by atoms with van der Waals surface area (Å²) >= 11 is 0. The first kappa shape index (κ1) is 17.2. The van der Waals surface area contributed by atoms with Gasteiger partial charge in [0.2, 0.25) is 0 Å². The van der Waals surface area contributed by atoms with E-state index >= 15 is 0 Å². The molecule has 1 rings (SSSR count). The SMILES string of the molecule is CC(C)(C)OC(=O)NCCC=Cc1cccc(CCN)c1. The van der Waals surface area contributed by atoms with E-state index in [0.717, 1.165) is 18.4 Å². The Bertz CT molecular complexity index is 476. The molecule has 21 heavy (non-hydrogen) atoms. The second-order valence-corrected chi connectivity index (χ2v) is 5.90. The minimum atomic E-state index is -0.455. The summed E-state index contributed by atoms with van der Waals surface area (Å²) in [6, 6.07) is 8.29. The van der Waals surface area contributed by atoms with Crippen molar-refractivity contribution in [2.24, 2.45) is 5.73 Å². The number of ether oxygens (including phenoxy) is 1. The van der Waals surface area contributed by atoms with Crippen molar-refractivity contribution in [1.29, 1.82) is 0 Å². The number of benzene rings is 1. The number of carbonyl (C=O) groups excluding carboxylic acids is 1. The molecule has 0 unspecified atom stereocenters. The van der Waals surface area contributed by atoms with Gasteiger partial charge < -0.3 is 15.8 Å². The number of nitrogens with one attached hydrogen (secondary N) is 1. The molecule has 0 radical (unpaired) electrons. The predicted octanol–water partition coefficient (Wildman–Crippen LogP) is 3.12. The zero-order valence-electron chi connectivity index (χ0n) is 13.2. The monoisotopic (exact) mass is 290 g/mol. The van der Waals surface area contributed by atoms with Gasteiger partial charge in [0.25, 0.3) is 0 Å². The van der Waals surface area contributed by atoms with Crippen molar-refractivity contribution in [2.75, 3.05) is 13.1 Å². The molecule has 0 aromatic heterocycles. The topological polar surface area (TPSA) is 64.3 Å². The summed E-state index contributed by atoms with van der Waals surface area (Å²) in [7, 11) is 0. The Hall–Kier alpha value is -1.81. The Morgan fingerprint density at radius 2 is 2.14 bits per heavy atom. The summed E-state index contributed by atoms with van der Waals surface area (Å²) < 4.78 is 5.16.